The number of phenols is 1. The number of rotatable bonds is 6. The number of aromatic nitrogens is 2. The van der Waals surface area contributed by atoms with Gasteiger partial charge in [0.05, 0.1) is 0 Å². The Kier molecular flexibility index (Phi) is 6.61. The van der Waals surface area contributed by atoms with Gasteiger partial charge in [-0.1, -0.05) is 18.2 Å². The number of anilines is 1. The van der Waals surface area contributed by atoms with Crippen molar-refractivity contribution in [2.75, 3.05) is 32.2 Å². The van der Waals surface area contributed by atoms with E-state index in [1.165, 1.54) is 28.1 Å². The molecule has 1 aliphatic carbocycles. The lowest BCUT2D eigenvalue weighted by Crippen LogP contribution is -2.39. The van der Waals surface area contributed by atoms with E-state index in [2.05, 4.69) is 46.4 Å². The van der Waals surface area contributed by atoms with E-state index >= 15 is 0 Å². The lowest BCUT2D eigenvalue weighted by molar-refractivity contribution is -0.141. The quantitative estimate of drug-likeness (QED) is 0.533. The summed E-state index contributed by atoms with van der Waals surface area (Å²) in [6.07, 6.45) is 5.91. The van der Waals surface area contributed by atoms with Crippen molar-refractivity contribution in [3.05, 3.63) is 77.1 Å². The van der Waals surface area contributed by atoms with Gasteiger partial charge in [-0.3, -0.25) is 4.68 Å². The van der Waals surface area contributed by atoms with Gasteiger partial charge >= 0.3 is 0 Å². The van der Waals surface area contributed by atoms with Crippen LogP contribution in [0.3, 0.4) is 0 Å². The number of methoxy groups -OCH3 is 2. The molecule has 0 bridgehead atoms. The Bertz CT molecular complexity index is 1100. The highest BCUT2D eigenvalue weighted by Gasteiger charge is 2.34. The Labute approximate surface area is 202 Å². The number of phenolic OH excluding ortho intramolecular Hbond substituents is 1. The molecule has 3 aromatic rings. The van der Waals surface area contributed by atoms with Crippen molar-refractivity contribution in [2.45, 2.75) is 43.8 Å². The fourth-order valence-corrected chi connectivity index (χ4v) is 6.09. The maximum absolute atomic E-state index is 10.1. The lowest BCUT2D eigenvalue weighted by Gasteiger charge is -2.37. The fraction of sp³-hybridized carbons (Fsp3) is 0.464. The van der Waals surface area contributed by atoms with Gasteiger partial charge in [0.2, 0.25) is 0 Å². The van der Waals surface area contributed by atoms with E-state index in [0.717, 1.165) is 38.8 Å². The topological polar surface area (TPSA) is 59.8 Å². The average molecular weight is 462 g/mol. The largest absolute Gasteiger partial charge is 0.508 e. The molecule has 1 N–H and O–H groups in total. The average Bonchev–Trinajstić information content (AvgIpc) is 3.30. The Morgan fingerprint density at radius 1 is 0.971 bits per heavy atom. The van der Waals surface area contributed by atoms with Gasteiger partial charge < -0.3 is 19.5 Å². The van der Waals surface area contributed by atoms with Crippen LogP contribution in [0.4, 0.5) is 5.69 Å². The smallest absolute Gasteiger partial charge is 0.159 e. The molecule has 2 heterocycles. The summed E-state index contributed by atoms with van der Waals surface area (Å²) in [6.45, 7) is 2.02. The Morgan fingerprint density at radius 2 is 1.71 bits per heavy atom. The number of fused-ring (bicyclic) bond motifs is 1. The summed E-state index contributed by atoms with van der Waals surface area (Å²) in [5, 5.41) is 14.5. The van der Waals surface area contributed by atoms with E-state index in [1.807, 2.05) is 30.1 Å². The maximum Gasteiger partial charge on any atom is 0.159 e. The van der Waals surface area contributed by atoms with Gasteiger partial charge in [-0.05, 0) is 72.7 Å². The van der Waals surface area contributed by atoms with Crippen LogP contribution < -0.4 is 4.90 Å². The van der Waals surface area contributed by atoms with Crippen LogP contribution in [0.25, 0.3) is 0 Å². The molecule has 5 rings (SSSR count). The van der Waals surface area contributed by atoms with Gasteiger partial charge in [-0.15, -0.1) is 0 Å². The molecular formula is C28H35N3O3. The monoisotopic (exact) mass is 461 g/mol. The minimum Gasteiger partial charge on any atom is -0.508 e. The summed E-state index contributed by atoms with van der Waals surface area (Å²) < 4.78 is 13.0. The molecule has 0 unspecified atom stereocenters. The molecule has 0 spiro atoms. The summed E-state index contributed by atoms with van der Waals surface area (Å²) in [6, 6.07) is 17.2. The molecule has 2 aliphatic rings. The van der Waals surface area contributed by atoms with Crippen LogP contribution in [0.15, 0.2) is 54.7 Å². The number of nitrogens with zero attached hydrogens (tertiary/aromatic N) is 3. The molecule has 2 aromatic carbocycles. The van der Waals surface area contributed by atoms with Crippen molar-refractivity contribution >= 4 is 5.69 Å². The van der Waals surface area contributed by atoms with E-state index in [1.54, 1.807) is 14.2 Å². The van der Waals surface area contributed by atoms with Crippen molar-refractivity contribution in [2.24, 2.45) is 13.0 Å². The molecule has 0 saturated carbocycles. The number of ether oxygens (including phenoxy) is 2. The SMILES string of the molecule is COC(OC)C1CCN(c2ccc([C@@H]3c4ccc(O)cc4CC[C@@H]3c3ccnn3C)cc2)CC1. The Hall–Kier alpha value is -2.83. The second-order valence-electron chi connectivity index (χ2n) is 9.64. The van der Waals surface area contributed by atoms with Crippen LogP contribution in [-0.4, -0.2) is 48.5 Å². The molecule has 180 valence electrons. The lowest BCUT2D eigenvalue weighted by atomic mass is 9.70. The standard InChI is InChI=1S/C28H35N3O3/c1-30-26(12-15-29-30)25-10-6-21-18-23(32)9-11-24(21)27(25)19-4-7-22(8-5-19)31-16-13-20(14-17-31)28(33-2)34-3/h4-5,7-9,11-12,15,18,20,25,27-28,32H,6,10,13-14,16-17H2,1-3H3/t25-,27-/m1/s1. The van der Waals surface area contributed by atoms with Crippen molar-refractivity contribution in [3.63, 3.8) is 0 Å². The molecule has 1 aromatic heterocycles. The number of aromatic hydroxyl groups is 1. The first-order chi connectivity index (χ1) is 16.6. The number of piperidine rings is 1. The molecule has 34 heavy (non-hydrogen) atoms. The van der Waals surface area contributed by atoms with Crippen molar-refractivity contribution in [1.29, 1.82) is 0 Å². The maximum atomic E-state index is 10.1. The molecule has 2 atom stereocenters. The van der Waals surface area contributed by atoms with Crippen molar-refractivity contribution in [1.82, 2.24) is 9.78 Å². The molecule has 0 amide bonds. The summed E-state index contributed by atoms with van der Waals surface area (Å²) >= 11 is 0. The zero-order chi connectivity index (χ0) is 23.7. The van der Waals surface area contributed by atoms with Crippen LogP contribution in [0.2, 0.25) is 0 Å². The fourth-order valence-electron chi connectivity index (χ4n) is 6.09. The molecular weight excluding hydrogens is 426 g/mol. The minimum absolute atomic E-state index is 0.112. The normalized spacial score (nSPS) is 21.1. The zero-order valence-corrected chi connectivity index (χ0v) is 20.4. The molecule has 1 saturated heterocycles. The van der Waals surface area contributed by atoms with Crippen LogP contribution in [-0.2, 0) is 22.9 Å². The van der Waals surface area contributed by atoms with E-state index in [9.17, 15) is 5.11 Å². The number of benzene rings is 2. The predicted molar refractivity (Wildman–Crippen MR) is 133 cm³/mol. The third-order valence-electron chi connectivity index (χ3n) is 7.83. The summed E-state index contributed by atoms with van der Waals surface area (Å²) in [4.78, 5) is 2.47. The van der Waals surface area contributed by atoms with Crippen molar-refractivity contribution < 1.29 is 14.6 Å². The van der Waals surface area contributed by atoms with Crippen LogP contribution >= 0.6 is 0 Å². The second kappa shape index (κ2) is 9.80. The van der Waals surface area contributed by atoms with E-state index in [4.69, 9.17) is 9.47 Å². The third-order valence-corrected chi connectivity index (χ3v) is 7.83. The highest BCUT2D eigenvalue weighted by atomic mass is 16.7. The second-order valence-corrected chi connectivity index (χ2v) is 9.64. The van der Waals surface area contributed by atoms with E-state index < -0.39 is 0 Å². The van der Waals surface area contributed by atoms with Gasteiger partial charge in [-0.2, -0.15) is 5.10 Å². The molecule has 0 radical (unpaired) electrons. The number of aryl methyl sites for hydroxylation is 2. The van der Waals surface area contributed by atoms with Gasteiger partial charge in [-0.25, -0.2) is 0 Å². The highest BCUT2D eigenvalue weighted by Crippen LogP contribution is 2.47. The first kappa shape index (κ1) is 22.9. The van der Waals surface area contributed by atoms with Crippen LogP contribution in [0.1, 0.15) is 53.5 Å². The number of hydrogen-bond acceptors (Lipinski definition) is 5. The van der Waals surface area contributed by atoms with E-state index in [0.29, 0.717) is 17.6 Å². The van der Waals surface area contributed by atoms with Gasteiger partial charge in [0.25, 0.3) is 0 Å². The summed E-state index contributed by atoms with van der Waals surface area (Å²) in [5.74, 6) is 1.38. The molecule has 1 fully saturated rings. The minimum atomic E-state index is -0.112. The van der Waals surface area contributed by atoms with Gasteiger partial charge in [0.1, 0.15) is 5.75 Å². The summed E-state index contributed by atoms with van der Waals surface area (Å²) in [7, 11) is 5.48. The predicted octanol–water partition coefficient (Wildman–Crippen LogP) is 4.82. The van der Waals surface area contributed by atoms with Crippen molar-refractivity contribution in [3.8, 4) is 5.75 Å². The zero-order valence-electron chi connectivity index (χ0n) is 20.4. The highest BCUT2D eigenvalue weighted by molar-refractivity contribution is 5.52. The Balaban J connectivity index is 1.40. The molecule has 1 aliphatic heterocycles. The molecule has 6 nitrogen and oxygen atoms in total. The Morgan fingerprint density at radius 3 is 2.35 bits per heavy atom. The van der Waals surface area contributed by atoms with Gasteiger partial charge in [0, 0.05) is 69.7 Å². The molecule has 6 heteroatoms. The third kappa shape index (κ3) is 4.32. The first-order valence-electron chi connectivity index (χ1n) is 12.3. The van der Waals surface area contributed by atoms with Gasteiger partial charge in [0.15, 0.2) is 6.29 Å². The van der Waals surface area contributed by atoms with E-state index in [-0.39, 0.29) is 12.2 Å². The summed E-state index contributed by atoms with van der Waals surface area (Å²) in [5.41, 5.74) is 6.41. The van der Waals surface area contributed by atoms with Crippen LogP contribution in [0.5, 0.6) is 5.75 Å². The number of hydrogen-bond donors (Lipinski definition) is 1. The van der Waals surface area contributed by atoms with Crippen LogP contribution in [0, 0.1) is 5.92 Å². The first-order valence-corrected chi connectivity index (χ1v) is 12.3.